The lowest BCUT2D eigenvalue weighted by Crippen LogP contribution is -2.73. The molecule has 2 heterocycles. The number of carbonyl (C=O) groups is 1. The van der Waals surface area contributed by atoms with E-state index in [1.807, 2.05) is 0 Å². The molecule has 0 radical (unpaired) electrons. The van der Waals surface area contributed by atoms with E-state index in [-0.39, 0.29) is 33.6 Å². The van der Waals surface area contributed by atoms with Crippen molar-refractivity contribution in [3.05, 3.63) is 0 Å². The van der Waals surface area contributed by atoms with Crippen LogP contribution in [0.2, 0.25) is 0 Å². The van der Waals surface area contributed by atoms with E-state index in [1.54, 1.807) is 21.1 Å². The molecular weight excluding hydrogens is 354 g/mol. The third-order valence-corrected chi connectivity index (χ3v) is 6.76. The SMILES string of the molecule is CON1C(C)(C)CC(C2(NC(C)=O)CC(C)(C)N(OC)C(C)(C)C2)CC1(C)C. The highest BCUT2D eigenvalue weighted by atomic mass is 16.7. The van der Waals surface area contributed by atoms with Crippen molar-refractivity contribution in [2.45, 2.75) is 116 Å². The summed E-state index contributed by atoms with van der Waals surface area (Å²) in [5.74, 6) is 0.382. The molecule has 6 nitrogen and oxygen atoms in total. The van der Waals surface area contributed by atoms with Crippen LogP contribution in [0, 0.1) is 5.92 Å². The van der Waals surface area contributed by atoms with Gasteiger partial charge in [0.25, 0.3) is 0 Å². The van der Waals surface area contributed by atoms with E-state index in [0.717, 1.165) is 25.7 Å². The molecule has 2 aliphatic heterocycles. The van der Waals surface area contributed by atoms with Crippen LogP contribution >= 0.6 is 0 Å². The fourth-order valence-electron chi connectivity index (χ4n) is 7.04. The average Bonchev–Trinajstić information content (AvgIpc) is 2.41. The van der Waals surface area contributed by atoms with Crippen LogP contribution in [0.4, 0.5) is 0 Å². The second kappa shape index (κ2) is 7.22. The van der Waals surface area contributed by atoms with Gasteiger partial charge in [-0.05, 0) is 87.0 Å². The molecule has 0 aliphatic carbocycles. The number of carbonyl (C=O) groups excluding carboxylic acids is 1. The van der Waals surface area contributed by atoms with Crippen molar-refractivity contribution >= 4 is 5.91 Å². The maximum Gasteiger partial charge on any atom is 0.217 e. The second-order valence-corrected chi connectivity index (χ2v) is 11.5. The molecule has 28 heavy (non-hydrogen) atoms. The lowest BCUT2D eigenvalue weighted by atomic mass is 9.58. The summed E-state index contributed by atoms with van der Waals surface area (Å²) in [4.78, 5) is 24.0. The van der Waals surface area contributed by atoms with Gasteiger partial charge in [-0.1, -0.05) is 0 Å². The number of hydrogen-bond donors (Lipinski definition) is 1. The standard InChI is InChI=1S/C22H43N3O3/c1-16(26)23-22(14-20(6,7)25(28-11)21(8,9)15-22)17-12-18(2,3)24(27-10)19(4,5)13-17/h17H,12-15H2,1-11H3,(H,23,26). The Bertz CT molecular complexity index is 562. The van der Waals surface area contributed by atoms with Gasteiger partial charge in [0.15, 0.2) is 0 Å². The molecule has 1 amide bonds. The summed E-state index contributed by atoms with van der Waals surface area (Å²) in [6.45, 7) is 19.5. The second-order valence-electron chi connectivity index (χ2n) is 11.5. The highest BCUT2D eigenvalue weighted by Crippen LogP contribution is 2.53. The van der Waals surface area contributed by atoms with Crippen molar-refractivity contribution in [3.8, 4) is 0 Å². The first-order valence-electron chi connectivity index (χ1n) is 10.5. The topological polar surface area (TPSA) is 54.0 Å². The summed E-state index contributed by atoms with van der Waals surface area (Å²) < 4.78 is 0. The van der Waals surface area contributed by atoms with Gasteiger partial charge in [-0.25, -0.2) is 0 Å². The molecule has 0 unspecified atom stereocenters. The molecule has 1 N–H and O–H groups in total. The first-order chi connectivity index (χ1) is 12.5. The zero-order valence-corrected chi connectivity index (χ0v) is 20.0. The highest BCUT2D eigenvalue weighted by Gasteiger charge is 2.60. The van der Waals surface area contributed by atoms with E-state index in [9.17, 15) is 4.79 Å². The number of hydrogen-bond acceptors (Lipinski definition) is 5. The van der Waals surface area contributed by atoms with Gasteiger partial charge >= 0.3 is 0 Å². The molecule has 0 aromatic carbocycles. The third kappa shape index (κ3) is 4.11. The maximum atomic E-state index is 12.4. The Balaban J connectivity index is 2.54. The molecule has 6 heteroatoms. The van der Waals surface area contributed by atoms with Gasteiger partial charge in [-0.3, -0.25) is 4.79 Å². The Morgan fingerprint density at radius 2 is 1.14 bits per heavy atom. The van der Waals surface area contributed by atoms with Crippen LogP contribution in [0.15, 0.2) is 0 Å². The molecule has 0 aromatic rings. The first-order valence-corrected chi connectivity index (χ1v) is 10.5. The van der Waals surface area contributed by atoms with E-state index in [0.29, 0.717) is 5.92 Å². The molecule has 2 aliphatic rings. The lowest BCUT2D eigenvalue weighted by Gasteiger charge is -2.63. The van der Waals surface area contributed by atoms with E-state index in [2.05, 4.69) is 70.8 Å². The van der Waals surface area contributed by atoms with Crippen LogP contribution in [-0.2, 0) is 14.5 Å². The third-order valence-electron chi connectivity index (χ3n) is 6.76. The Labute approximate surface area is 172 Å². The molecule has 2 rings (SSSR count). The van der Waals surface area contributed by atoms with Gasteiger partial charge in [0, 0.05) is 34.6 Å². The molecule has 0 atom stereocenters. The number of nitrogens with one attached hydrogen (secondary N) is 1. The molecule has 0 aromatic heterocycles. The number of hydroxylamine groups is 4. The smallest absolute Gasteiger partial charge is 0.217 e. The van der Waals surface area contributed by atoms with Gasteiger partial charge in [-0.15, -0.1) is 0 Å². The van der Waals surface area contributed by atoms with Gasteiger partial charge < -0.3 is 15.0 Å². The molecule has 0 saturated carbocycles. The van der Waals surface area contributed by atoms with E-state index in [1.165, 1.54) is 0 Å². The van der Waals surface area contributed by atoms with Crippen molar-refractivity contribution in [1.82, 2.24) is 15.4 Å². The fourth-order valence-corrected chi connectivity index (χ4v) is 7.04. The molecule has 0 bridgehead atoms. The molecular formula is C22H43N3O3. The van der Waals surface area contributed by atoms with Gasteiger partial charge in [0.1, 0.15) is 0 Å². The van der Waals surface area contributed by atoms with Crippen molar-refractivity contribution in [1.29, 1.82) is 0 Å². The fraction of sp³-hybridized carbons (Fsp3) is 0.955. The predicted octanol–water partition coefficient (Wildman–Crippen LogP) is 3.91. The first kappa shape index (κ1) is 23.6. The summed E-state index contributed by atoms with van der Waals surface area (Å²) in [6.07, 6.45) is 3.62. The van der Waals surface area contributed by atoms with Crippen molar-refractivity contribution in [3.63, 3.8) is 0 Å². The summed E-state index contributed by atoms with van der Waals surface area (Å²) in [5, 5.41) is 7.70. The molecule has 164 valence electrons. The van der Waals surface area contributed by atoms with Crippen LogP contribution < -0.4 is 5.32 Å². The zero-order chi connectivity index (χ0) is 21.8. The average molecular weight is 398 g/mol. The minimum atomic E-state index is -0.289. The van der Waals surface area contributed by atoms with Crippen LogP contribution in [0.1, 0.15) is 88.0 Å². The van der Waals surface area contributed by atoms with Crippen LogP contribution in [0.3, 0.4) is 0 Å². The number of rotatable bonds is 4. The van der Waals surface area contributed by atoms with Gasteiger partial charge in [0.2, 0.25) is 5.91 Å². The maximum absolute atomic E-state index is 12.4. The number of nitrogens with zero attached hydrogens (tertiary/aromatic N) is 2. The summed E-state index contributed by atoms with van der Waals surface area (Å²) in [5.41, 5.74) is -0.946. The van der Waals surface area contributed by atoms with E-state index in [4.69, 9.17) is 9.68 Å². The number of amides is 1. The number of piperidine rings is 2. The van der Waals surface area contributed by atoms with Crippen LogP contribution in [0.5, 0.6) is 0 Å². The Morgan fingerprint density at radius 1 is 0.786 bits per heavy atom. The molecule has 2 saturated heterocycles. The minimum Gasteiger partial charge on any atom is -0.350 e. The zero-order valence-electron chi connectivity index (χ0n) is 20.0. The highest BCUT2D eigenvalue weighted by molar-refractivity contribution is 5.74. The Hall–Kier alpha value is -0.690. The Morgan fingerprint density at radius 3 is 1.46 bits per heavy atom. The van der Waals surface area contributed by atoms with Crippen LogP contribution in [-0.4, -0.2) is 57.9 Å². The normalized spacial score (nSPS) is 29.4. The summed E-state index contributed by atoms with van der Waals surface area (Å²) >= 11 is 0. The van der Waals surface area contributed by atoms with E-state index < -0.39 is 0 Å². The molecule has 2 fully saturated rings. The summed E-state index contributed by atoms with van der Waals surface area (Å²) in [7, 11) is 3.51. The van der Waals surface area contributed by atoms with Gasteiger partial charge in [0.05, 0.1) is 14.2 Å². The van der Waals surface area contributed by atoms with Crippen molar-refractivity contribution in [2.75, 3.05) is 14.2 Å². The van der Waals surface area contributed by atoms with Crippen molar-refractivity contribution < 1.29 is 14.5 Å². The van der Waals surface area contributed by atoms with Gasteiger partial charge in [-0.2, -0.15) is 10.1 Å². The largest absolute Gasteiger partial charge is 0.350 e. The Kier molecular flexibility index (Phi) is 6.08. The lowest BCUT2D eigenvalue weighted by molar-refractivity contribution is -0.296. The monoisotopic (exact) mass is 397 g/mol. The minimum absolute atomic E-state index is 0.0438. The van der Waals surface area contributed by atoms with Crippen LogP contribution in [0.25, 0.3) is 0 Å². The molecule has 0 spiro atoms. The van der Waals surface area contributed by atoms with E-state index >= 15 is 0 Å². The predicted molar refractivity (Wildman–Crippen MR) is 113 cm³/mol. The quantitative estimate of drug-likeness (QED) is 0.779. The summed E-state index contributed by atoms with van der Waals surface area (Å²) in [6, 6.07) is 0. The van der Waals surface area contributed by atoms with Crippen molar-refractivity contribution in [2.24, 2.45) is 5.92 Å².